The molecule has 0 bridgehead atoms. The van der Waals surface area contributed by atoms with Crippen LogP contribution in [-0.4, -0.2) is 52.2 Å². The predicted molar refractivity (Wildman–Crippen MR) is 58.4 cm³/mol. The molecule has 4 nitrogen and oxygen atoms in total. The minimum absolute atomic E-state index is 0.242. The van der Waals surface area contributed by atoms with Gasteiger partial charge in [0.15, 0.2) is 0 Å². The fourth-order valence-corrected chi connectivity index (χ4v) is 1.90. The summed E-state index contributed by atoms with van der Waals surface area (Å²) in [4.78, 5) is 11.9. The van der Waals surface area contributed by atoms with Gasteiger partial charge in [-0.3, -0.25) is 0 Å². The number of hydrogen-bond acceptors (Lipinski definition) is 3. The van der Waals surface area contributed by atoms with Gasteiger partial charge in [-0.1, -0.05) is 0 Å². The van der Waals surface area contributed by atoms with Crippen molar-refractivity contribution in [1.29, 1.82) is 0 Å². The lowest BCUT2D eigenvalue weighted by molar-refractivity contribution is -0.389. The van der Waals surface area contributed by atoms with Crippen molar-refractivity contribution in [1.82, 2.24) is 4.90 Å². The predicted octanol–water partition coefficient (Wildman–Crippen LogP) is 2.85. The maximum absolute atomic E-state index is 12.7. The van der Waals surface area contributed by atoms with Gasteiger partial charge in [0.2, 0.25) is 0 Å². The van der Waals surface area contributed by atoms with Gasteiger partial charge in [0.25, 0.3) is 5.60 Å². The first-order valence-electron chi connectivity index (χ1n) is 5.96. The molecule has 10 heteroatoms. The molecule has 1 saturated heterocycles. The molecule has 1 aliphatic rings. The average molecular weight is 323 g/mol. The lowest BCUT2D eigenvalue weighted by Gasteiger charge is -2.49. The Bertz CT molecular complexity index is 398. The van der Waals surface area contributed by atoms with Crippen molar-refractivity contribution in [2.24, 2.45) is 0 Å². The Morgan fingerprint density at radius 1 is 1.10 bits per heavy atom. The number of aliphatic hydroxyl groups is 1. The smallest absolute Gasteiger partial charge is 0.428 e. The lowest BCUT2D eigenvalue weighted by atomic mass is 9.84. The van der Waals surface area contributed by atoms with Crippen LogP contribution in [0.5, 0.6) is 0 Å². The number of amides is 1. The summed E-state index contributed by atoms with van der Waals surface area (Å²) >= 11 is 0. The van der Waals surface area contributed by atoms with Crippen LogP contribution < -0.4 is 0 Å². The molecule has 0 saturated carbocycles. The van der Waals surface area contributed by atoms with E-state index in [0.29, 0.717) is 0 Å². The van der Waals surface area contributed by atoms with Gasteiger partial charge >= 0.3 is 18.4 Å². The molecule has 1 fully saturated rings. The topological polar surface area (TPSA) is 49.8 Å². The Kier molecular flexibility index (Phi) is 4.19. The first-order valence-corrected chi connectivity index (χ1v) is 5.96. The summed E-state index contributed by atoms with van der Waals surface area (Å²) in [7, 11) is 0. The molecule has 1 atom stereocenters. The molecule has 0 aliphatic carbocycles. The number of alkyl halides is 6. The van der Waals surface area contributed by atoms with E-state index in [-0.39, 0.29) is 11.4 Å². The van der Waals surface area contributed by atoms with Gasteiger partial charge in [-0.05, 0) is 27.2 Å². The molecule has 0 unspecified atom stereocenters. The third kappa shape index (κ3) is 3.19. The molecule has 0 aromatic heterocycles. The zero-order valence-corrected chi connectivity index (χ0v) is 11.5. The summed E-state index contributed by atoms with van der Waals surface area (Å²) in [6.45, 7) is 3.90. The van der Waals surface area contributed by atoms with Crippen molar-refractivity contribution >= 4 is 6.09 Å². The fraction of sp³-hybridized carbons (Fsp3) is 0.909. The normalized spacial score (nSPS) is 21.0. The number of carbonyl (C=O) groups is 1. The Morgan fingerprint density at radius 3 is 1.76 bits per heavy atom. The zero-order chi connectivity index (χ0) is 16.9. The maximum Gasteiger partial charge on any atom is 0.428 e. The lowest BCUT2D eigenvalue weighted by Crippen LogP contribution is -2.73. The zero-order valence-electron chi connectivity index (χ0n) is 11.5. The summed E-state index contributed by atoms with van der Waals surface area (Å²) in [6, 6.07) is -2.45. The van der Waals surface area contributed by atoms with Crippen molar-refractivity contribution in [3.05, 3.63) is 0 Å². The van der Waals surface area contributed by atoms with Gasteiger partial charge < -0.3 is 14.7 Å². The molecule has 1 heterocycles. The van der Waals surface area contributed by atoms with Crippen molar-refractivity contribution < 1.29 is 41.0 Å². The van der Waals surface area contributed by atoms with Crippen LogP contribution in [0.15, 0.2) is 0 Å². The number of likely N-dealkylation sites (tertiary alicyclic amines) is 1. The molecule has 1 aliphatic heterocycles. The van der Waals surface area contributed by atoms with Crippen molar-refractivity contribution in [2.45, 2.75) is 56.8 Å². The number of hydrogen-bond donors (Lipinski definition) is 1. The Labute approximate surface area is 116 Å². The van der Waals surface area contributed by atoms with E-state index in [0.717, 1.165) is 0 Å². The number of halogens is 6. The van der Waals surface area contributed by atoms with E-state index in [4.69, 9.17) is 4.74 Å². The molecular formula is C11H15F6NO3. The molecule has 124 valence electrons. The standard InChI is InChI=1S/C11H15F6NO3/c1-8(2,3)21-7(19)18-5-4-6(18)9(20,10(12,13)14)11(15,16)17/h6,20H,4-5H2,1-3H3/t6-/m1/s1. The van der Waals surface area contributed by atoms with Gasteiger partial charge in [-0.25, -0.2) is 4.79 Å². The molecular weight excluding hydrogens is 308 g/mol. The van der Waals surface area contributed by atoms with E-state index in [1.165, 1.54) is 20.8 Å². The number of nitrogens with zero attached hydrogens (tertiary/aromatic N) is 1. The SMILES string of the molecule is CC(C)(C)OC(=O)N1CC[C@@H]1C(O)(C(F)(F)F)C(F)(F)F. The number of rotatable bonds is 1. The highest BCUT2D eigenvalue weighted by Gasteiger charge is 2.76. The monoisotopic (exact) mass is 323 g/mol. The van der Waals surface area contributed by atoms with Gasteiger partial charge in [-0.15, -0.1) is 0 Å². The highest BCUT2D eigenvalue weighted by Crippen LogP contribution is 2.49. The first kappa shape index (κ1) is 17.9. The van der Waals surface area contributed by atoms with Crippen LogP contribution in [-0.2, 0) is 4.74 Å². The van der Waals surface area contributed by atoms with Gasteiger partial charge in [-0.2, -0.15) is 26.3 Å². The minimum atomic E-state index is -5.96. The van der Waals surface area contributed by atoms with Crippen molar-refractivity contribution in [3.8, 4) is 0 Å². The van der Waals surface area contributed by atoms with E-state index < -0.39 is 42.1 Å². The third-order valence-electron chi connectivity index (χ3n) is 2.99. The highest BCUT2D eigenvalue weighted by atomic mass is 19.4. The number of carbonyl (C=O) groups excluding carboxylic acids is 1. The molecule has 1 N–H and O–H groups in total. The van der Waals surface area contributed by atoms with E-state index in [9.17, 15) is 36.2 Å². The van der Waals surface area contributed by atoms with E-state index in [2.05, 4.69) is 0 Å². The summed E-state index contributed by atoms with van der Waals surface area (Å²) < 4.78 is 80.9. The van der Waals surface area contributed by atoms with Crippen LogP contribution in [0.4, 0.5) is 31.1 Å². The highest BCUT2D eigenvalue weighted by molar-refractivity contribution is 5.70. The molecule has 0 radical (unpaired) electrons. The summed E-state index contributed by atoms with van der Waals surface area (Å²) in [5.41, 5.74) is -6.05. The van der Waals surface area contributed by atoms with Crippen molar-refractivity contribution in [2.75, 3.05) is 6.54 Å². The summed E-state index contributed by atoms with van der Waals surface area (Å²) in [5, 5.41) is 9.22. The van der Waals surface area contributed by atoms with Crippen molar-refractivity contribution in [3.63, 3.8) is 0 Å². The van der Waals surface area contributed by atoms with Gasteiger partial charge in [0, 0.05) is 6.54 Å². The minimum Gasteiger partial charge on any atom is -0.444 e. The summed E-state index contributed by atoms with van der Waals surface area (Å²) in [5.74, 6) is 0. The maximum atomic E-state index is 12.7. The van der Waals surface area contributed by atoms with Crippen LogP contribution in [0.25, 0.3) is 0 Å². The van der Waals surface area contributed by atoms with Crippen LogP contribution in [0.3, 0.4) is 0 Å². The third-order valence-corrected chi connectivity index (χ3v) is 2.99. The van der Waals surface area contributed by atoms with Crippen LogP contribution in [0.2, 0.25) is 0 Å². The second-order valence-electron chi connectivity index (χ2n) is 5.74. The van der Waals surface area contributed by atoms with Gasteiger partial charge in [0.1, 0.15) is 5.60 Å². The second-order valence-corrected chi connectivity index (χ2v) is 5.74. The molecule has 1 amide bonds. The summed E-state index contributed by atoms with van der Waals surface area (Å²) in [6.07, 6.45) is -13.9. The van der Waals surface area contributed by atoms with Crippen LogP contribution in [0, 0.1) is 0 Å². The molecule has 0 aromatic carbocycles. The van der Waals surface area contributed by atoms with E-state index >= 15 is 0 Å². The number of ether oxygens (including phenoxy) is 1. The largest absolute Gasteiger partial charge is 0.444 e. The molecule has 21 heavy (non-hydrogen) atoms. The molecule has 0 spiro atoms. The molecule has 1 rings (SSSR count). The Balaban J connectivity index is 3.05. The van der Waals surface area contributed by atoms with Gasteiger partial charge in [0.05, 0.1) is 6.04 Å². The molecule has 0 aromatic rings. The average Bonchev–Trinajstić information content (AvgIpc) is 2.07. The van der Waals surface area contributed by atoms with E-state index in [1.54, 1.807) is 0 Å². The fourth-order valence-electron chi connectivity index (χ4n) is 1.90. The van der Waals surface area contributed by atoms with Crippen LogP contribution >= 0.6 is 0 Å². The quantitative estimate of drug-likeness (QED) is 0.755. The van der Waals surface area contributed by atoms with Crippen LogP contribution in [0.1, 0.15) is 27.2 Å². The Morgan fingerprint density at radius 2 is 1.52 bits per heavy atom. The second kappa shape index (κ2) is 4.92. The first-order chi connectivity index (χ1) is 9.11. The Hall–Kier alpha value is -1.19. The van der Waals surface area contributed by atoms with E-state index in [1.807, 2.05) is 0 Å².